The minimum Gasteiger partial charge on any atom is -0.330 e. The van der Waals surface area contributed by atoms with Crippen molar-refractivity contribution < 1.29 is 0 Å². The van der Waals surface area contributed by atoms with E-state index >= 15 is 0 Å². The Bertz CT molecular complexity index is 226. The van der Waals surface area contributed by atoms with Gasteiger partial charge in [0, 0.05) is 6.04 Å². The molecule has 0 unspecified atom stereocenters. The summed E-state index contributed by atoms with van der Waals surface area (Å²) in [7, 11) is 1.99. The Morgan fingerprint density at radius 3 is 2.43 bits per heavy atom. The fourth-order valence-electron chi connectivity index (χ4n) is 1.45. The number of likely N-dealkylation sites (N-methyl/N-ethyl adjacent to an activating group) is 1. The maximum Gasteiger partial charge on any atom is 0.0116 e. The molecule has 0 aliphatic heterocycles. The van der Waals surface area contributed by atoms with Crippen molar-refractivity contribution in [1.29, 1.82) is 0 Å². The highest BCUT2D eigenvalue weighted by atomic mass is 35.5. The van der Waals surface area contributed by atoms with Crippen LogP contribution in [0.15, 0.2) is 30.3 Å². The van der Waals surface area contributed by atoms with Crippen LogP contribution in [0.1, 0.15) is 12.0 Å². The average molecular weight is 215 g/mol. The largest absolute Gasteiger partial charge is 0.330 e. The summed E-state index contributed by atoms with van der Waals surface area (Å²) in [6.07, 6.45) is 2.10. The fraction of sp³-hybridized carbons (Fsp3) is 0.455. The van der Waals surface area contributed by atoms with Crippen molar-refractivity contribution in [2.24, 2.45) is 5.73 Å². The van der Waals surface area contributed by atoms with Crippen molar-refractivity contribution in [1.82, 2.24) is 5.32 Å². The monoisotopic (exact) mass is 214 g/mol. The molecule has 2 nitrogen and oxygen atoms in total. The zero-order valence-corrected chi connectivity index (χ0v) is 9.39. The molecule has 0 saturated carbocycles. The van der Waals surface area contributed by atoms with Gasteiger partial charge in [-0.2, -0.15) is 0 Å². The van der Waals surface area contributed by atoms with Crippen molar-refractivity contribution in [3.05, 3.63) is 35.9 Å². The number of benzene rings is 1. The van der Waals surface area contributed by atoms with Crippen molar-refractivity contribution >= 4 is 12.4 Å². The standard InChI is InChI=1S/C11H18N2.ClH/c1-13-11(7-8-12)9-10-5-3-2-4-6-10;/h2-6,11,13H,7-9,12H2,1H3;1H/t11-;/m1./s1. The minimum absolute atomic E-state index is 0. The maximum absolute atomic E-state index is 5.52. The van der Waals surface area contributed by atoms with E-state index in [-0.39, 0.29) is 12.4 Å². The molecule has 0 bridgehead atoms. The quantitative estimate of drug-likeness (QED) is 0.782. The number of nitrogens with one attached hydrogen (secondary N) is 1. The van der Waals surface area contributed by atoms with E-state index in [1.165, 1.54) is 5.56 Å². The van der Waals surface area contributed by atoms with Gasteiger partial charge in [-0.05, 0) is 32.0 Å². The normalized spacial score (nSPS) is 11.9. The Hall–Kier alpha value is -0.570. The molecule has 1 aromatic rings. The number of nitrogens with two attached hydrogens (primary N) is 1. The Morgan fingerprint density at radius 1 is 1.29 bits per heavy atom. The second-order valence-corrected chi connectivity index (χ2v) is 3.25. The van der Waals surface area contributed by atoms with Crippen molar-refractivity contribution in [2.75, 3.05) is 13.6 Å². The lowest BCUT2D eigenvalue weighted by Gasteiger charge is -2.14. The lowest BCUT2D eigenvalue weighted by atomic mass is 10.0. The van der Waals surface area contributed by atoms with Crippen LogP contribution in [0.4, 0.5) is 0 Å². The van der Waals surface area contributed by atoms with Crippen LogP contribution >= 0.6 is 12.4 Å². The van der Waals surface area contributed by atoms with Crippen molar-refractivity contribution in [2.45, 2.75) is 18.9 Å². The van der Waals surface area contributed by atoms with Crippen LogP contribution in [-0.4, -0.2) is 19.6 Å². The minimum atomic E-state index is 0. The molecule has 1 aromatic carbocycles. The first-order valence-corrected chi connectivity index (χ1v) is 4.78. The number of hydrogen-bond donors (Lipinski definition) is 2. The van der Waals surface area contributed by atoms with Gasteiger partial charge in [0.2, 0.25) is 0 Å². The molecule has 80 valence electrons. The third-order valence-corrected chi connectivity index (χ3v) is 2.25. The van der Waals surface area contributed by atoms with E-state index in [1.54, 1.807) is 0 Å². The van der Waals surface area contributed by atoms with Gasteiger partial charge in [-0.25, -0.2) is 0 Å². The highest BCUT2D eigenvalue weighted by molar-refractivity contribution is 5.85. The van der Waals surface area contributed by atoms with Gasteiger partial charge in [-0.3, -0.25) is 0 Å². The van der Waals surface area contributed by atoms with E-state index in [1.807, 2.05) is 13.1 Å². The zero-order chi connectivity index (χ0) is 9.52. The van der Waals surface area contributed by atoms with Crippen LogP contribution in [0.25, 0.3) is 0 Å². The van der Waals surface area contributed by atoms with E-state index in [4.69, 9.17) is 5.73 Å². The third kappa shape index (κ3) is 4.61. The number of hydrogen-bond acceptors (Lipinski definition) is 2. The first-order chi connectivity index (χ1) is 6.36. The van der Waals surface area contributed by atoms with Gasteiger partial charge in [0.25, 0.3) is 0 Å². The molecule has 1 rings (SSSR count). The molecule has 0 aromatic heterocycles. The number of rotatable bonds is 5. The van der Waals surface area contributed by atoms with E-state index in [0.29, 0.717) is 6.04 Å². The molecular weight excluding hydrogens is 196 g/mol. The molecule has 0 amide bonds. The zero-order valence-electron chi connectivity index (χ0n) is 8.57. The van der Waals surface area contributed by atoms with Crippen LogP contribution in [-0.2, 0) is 6.42 Å². The molecule has 3 N–H and O–H groups in total. The molecule has 0 saturated heterocycles. The Labute approximate surface area is 92.3 Å². The lowest BCUT2D eigenvalue weighted by Crippen LogP contribution is -2.29. The van der Waals surface area contributed by atoms with Crippen LogP contribution in [0.3, 0.4) is 0 Å². The Morgan fingerprint density at radius 2 is 1.93 bits per heavy atom. The summed E-state index contributed by atoms with van der Waals surface area (Å²) in [4.78, 5) is 0. The summed E-state index contributed by atoms with van der Waals surface area (Å²) >= 11 is 0. The van der Waals surface area contributed by atoms with E-state index in [9.17, 15) is 0 Å². The van der Waals surface area contributed by atoms with Gasteiger partial charge in [0.05, 0.1) is 0 Å². The SMILES string of the molecule is CN[C@H](CCN)Cc1ccccc1.Cl. The molecule has 14 heavy (non-hydrogen) atoms. The first kappa shape index (κ1) is 13.4. The highest BCUT2D eigenvalue weighted by Crippen LogP contribution is 2.04. The van der Waals surface area contributed by atoms with Crippen molar-refractivity contribution in [3.63, 3.8) is 0 Å². The molecule has 0 heterocycles. The molecule has 1 atom stereocenters. The maximum atomic E-state index is 5.52. The van der Waals surface area contributed by atoms with Crippen LogP contribution in [0.5, 0.6) is 0 Å². The van der Waals surface area contributed by atoms with Crippen LogP contribution in [0.2, 0.25) is 0 Å². The second kappa shape index (κ2) is 7.80. The number of halogens is 1. The molecule has 0 fully saturated rings. The summed E-state index contributed by atoms with van der Waals surface area (Å²) in [5, 5.41) is 3.27. The fourth-order valence-corrected chi connectivity index (χ4v) is 1.45. The van der Waals surface area contributed by atoms with Gasteiger partial charge in [-0.1, -0.05) is 30.3 Å². The lowest BCUT2D eigenvalue weighted by molar-refractivity contribution is 0.526. The summed E-state index contributed by atoms with van der Waals surface area (Å²) in [5.41, 5.74) is 6.89. The third-order valence-electron chi connectivity index (χ3n) is 2.25. The molecule has 0 aliphatic rings. The molecule has 0 aliphatic carbocycles. The molecule has 0 radical (unpaired) electrons. The van der Waals surface area contributed by atoms with Crippen molar-refractivity contribution in [3.8, 4) is 0 Å². The summed E-state index contributed by atoms with van der Waals surface area (Å²) in [6, 6.07) is 11.0. The highest BCUT2D eigenvalue weighted by Gasteiger charge is 2.04. The van der Waals surface area contributed by atoms with Gasteiger partial charge < -0.3 is 11.1 Å². The van der Waals surface area contributed by atoms with Gasteiger partial charge >= 0.3 is 0 Å². The predicted octanol–water partition coefficient (Wildman–Crippen LogP) is 1.59. The van der Waals surface area contributed by atoms with Gasteiger partial charge in [0.1, 0.15) is 0 Å². The average Bonchev–Trinajstić information content (AvgIpc) is 2.19. The van der Waals surface area contributed by atoms with Gasteiger partial charge in [0.15, 0.2) is 0 Å². The summed E-state index contributed by atoms with van der Waals surface area (Å²) in [5.74, 6) is 0. The smallest absolute Gasteiger partial charge is 0.0116 e. The summed E-state index contributed by atoms with van der Waals surface area (Å²) in [6.45, 7) is 0.748. The van der Waals surface area contributed by atoms with E-state index in [0.717, 1.165) is 19.4 Å². The van der Waals surface area contributed by atoms with Crippen LogP contribution in [0, 0.1) is 0 Å². The summed E-state index contributed by atoms with van der Waals surface area (Å²) < 4.78 is 0. The molecular formula is C11H19ClN2. The molecule has 3 heteroatoms. The molecule has 0 spiro atoms. The van der Waals surface area contributed by atoms with E-state index in [2.05, 4.69) is 29.6 Å². The second-order valence-electron chi connectivity index (χ2n) is 3.25. The van der Waals surface area contributed by atoms with Gasteiger partial charge in [-0.15, -0.1) is 12.4 Å². The Kier molecular flexibility index (Phi) is 7.48. The Balaban J connectivity index is 0.00000169. The van der Waals surface area contributed by atoms with Crippen LogP contribution < -0.4 is 11.1 Å². The first-order valence-electron chi connectivity index (χ1n) is 4.78. The topological polar surface area (TPSA) is 38.0 Å². The van der Waals surface area contributed by atoms with E-state index < -0.39 is 0 Å². The predicted molar refractivity (Wildman–Crippen MR) is 63.9 cm³/mol.